The maximum Gasteiger partial charge on any atom is 0.508 e. The fourth-order valence-electron chi connectivity index (χ4n) is 4.19. The van der Waals surface area contributed by atoms with Crippen LogP contribution in [0.1, 0.15) is 61.3 Å². The van der Waals surface area contributed by atoms with Gasteiger partial charge in [0.2, 0.25) is 3.79 Å². The molecule has 11 heteroatoms. The minimum absolute atomic E-state index is 0.273. The summed E-state index contributed by atoms with van der Waals surface area (Å²) in [6.45, 7) is 16.2. The van der Waals surface area contributed by atoms with Gasteiger partial charge in [0.15, 0.2) is 8.32 Å². The van der Waals surface area contributed by atoms with Gasteiger partial charge in [-0.3, -0.25) is 9.59 Å². The Morgan fingerprint density at radius 2 is 1.57 bits per heavy atom. The van der Waals surface area contributed by atoms with Crippen LogP contribution >= 0.6 is 34.8 Å². The standard InChI is InChI=1S/C24H41Cl3O7Si/c1-9-13-16(5)20(33-22(31)32-15-24(25,26)27)17(6)21(30)23(7,8)18(14-19(28)29)34-35(10-2,11-3)12-4/h9,16-18,20H,1,10-15H2,2-8H3,(H,28,29)/t16-,17+,18-,20+/m0/s1. The van der Waals surface area contributed by atoms with Crippen molar-refractivity contribution in [3.05, 3.63) is 12.7 Å². The van der Waals surface area contributed by atoms with Crippen molar-refractivity contribution in [3.8, 4) is 0 Å². The van der Waals surface area contributed by atoms with Crippen LogP contribution in [0.15, 0.2) is 12.7 Å². The molecule has 0 aromatic rings. The SMILES string of the molecule is C=CC[C@H](C)[C@@H](OC(=O)OCC(Cl)(Cl)Cl)[C@@H](C)C(=O)C(C)(C)[C@H](CC(=O)O)O[Si](CC)(CC)CC. The van der Waals surface area contributed by atoms with E-state index >= 15 is 0 Å². The zero-order valence-corrected chi connectivity index (χ0v) is 25.1. The van der Waals surface area contributed by atoms with Crippen molar-refractivity contribution in [2.75, 3.05) is 6.61 Å². The van der Waals surface area contributed by atoms with Crippen molar-refractivity contribution in [2.45, 2.75) is 95.4 Å². The van der Waals surface area contributed by atoms with Crippen LogP contribution in [0.4, 0.5) is 4.79 Å². The van der Waals surface area contributed by atoms with Gasteiger partial charge in [-0.1, -0.05) is 89.3 Å². The Labute approximate surface area is 225 Å². The maximum absolute atomic E-state index is 13.8. The molecule has 0 unspecified atom stereocenters. The topological polar surface area (TPSA) is 99.1 Å². The van der Waals surface area contributed by atoms with E-state index in [0.717, 1.165) is 18.1 Å². The average Bonchev–Trinajstić information content (AvgIpc) is 2.77. The van der Waals surface area contributed by atoms with Crippen molar-refractivity contribution in [2.24, 2.45) is 17.3 Å². The van der Waals surface area contributed by atoms with Crippen molar-refractivity contribution in [1.29, 1.82) is 0 Å². The van der Waals surface area contributed by atoms with E-state index < -0.39 is 54.4 Å². The molecule has 0 aromatic carbocycles. The highest BCUT2D eigenvalue weighted by atomic mass is 35.6. The van der Waals surface area contributed by atoms with Gasteiger partial charge in [-0.15, -0.1) is 6.58 Å². The van der Waals surface area contributed by atoms with Gasteiger partial charge in [0.05, 0.1) is 18.4 Å². The van der Waals surface area contributed by atoms with Crippen LogP contribution < -0.4 is 0 Å². The summed E-state index contributed by atoms with van der Waals surface area (Å²) in [6, 6.07) is 2.44. The number of aliphatic carboxylic acids is 1. The summed E-state index contributed by atoms with van der Waals surface area (Å²) in [6.07, 6.45) is -0.948. The van der Waals surface area contributed by atoms with Gasteiger partial charge in [0.1, 0.15) is 18.5 Å². The van der Waals surface area contributed by atoms with E-state index in [0.29, 0.717) is 6.42 Å². The minimum Gasteiger partial charge on any atom is -0.481 e. The van der Waals surface area contributed by atoms with Crippen molar-refractivity contribution in [3.63, 3.8) is 0 Å². The first-order chi connectivity index (χ1) is 16.0. The van der Waals surface area contributed by atoms with E-state index in [9.17, 15) is 19.5 Å². The largest absolute Gasteiger partial charge is 0.508 e. The lowest BCUT2D eigenvalue weighted by Gasteiger charge is -2.42. The minimum atomic E-state index is -2.23. The number of carboxylic acid groups (broad SMARTS) is 1. The van der Waals surface area contributed by atoms with Crippen molar-refractivity contribution in [1.82, 2.24) is 0 Å². The molecule has 0 radical (unpaired) electrons. The molecule has 0 saturated heterocycles. The zero-order chi connectivity index (χ0) is 27.6. The van der Waals surface area contributed by atoms with E-state index in [1.165, 1.54) is 0 Å². The molecular weight excluding hydrogens is 535 g/mol. The molecule has 0 bridgehead atoms. The van der Waals surface area contributed by atoms with Crippen LogP contribution in [0.3, 0.4) is 0 Å². The van der Waals surface area contributed by atoms with Gasteiger partial charge in [-0.2, -0.15) is 0 Å². The second kappa shape index (κ2) is 14.8. The Balaban J connectivity index is 6.03. The van der Waals surface area contributed by atoms with E-state index in [1.807, 2.05) is 27.7 Å². The van der Waals surface area contributed by atoms with E-state index in [1.54, 1.807) is 26.8 Å². The highest BCUT2D eigenvalue weighted by Crippen LogP contribution is 2.37. The average molecular weight is 576 g/mol. The Morgan fingerprint density at radius 3 is 1.97 bits per heavy atom. The van der Waals surface area contributed by atoms with E-state index in [-0.39, 0.29) is 18.1 Å². The number of ketones is 1. The molecule has 0 aliphatic carbocycles. The fourth-order valence-corrected chi connectivity index (χ4v) is 7.34. The van der Waals surface area contributed by atoms with Crippen LogP contribution in [0.5, 0.6) is 0 Å². The molecule has 7 nitrogen and oxygen atoms in total. The number of rotatable bonds is 16. The van der Waals surface area contributed by atoms with E-state index in [4.69, 9.17) is 48.7 Å². The molecule has 0 aromatic heterocycles. The first-order valence-electron chi connectivity index (χ1n) is 11.9. The normalized spacial score (nSPS) is 16.1. The number of carbonyl (C=O) groups is 3. The summed E-state index contributed by atoms with van der Waals surface area (Å²) in [7, 11) is -2.23. The van der Waals surface area contributed by atoms with Gasteiger partial charge >= 0.3 is 12.1 Å². The highest BCUT2D eigenvalue weighted by molar-refractivity contribution is 6.73. The van der Waals surface area contributed by atoms with Crippen LogP contribution in [0.2, 0.25) is 18.1 Å². The van der Waals surface area contributed by atoms with Crippen molar-refractivity contribution >= 4 is 61.0 Å². The molecule has 0 spiro atoms. The fraction of sp³-hybridized carbons (Fsp3) is 0.792. The van der Waals surface area contributed by atoms with Gasteiger partial charge in [-0.05, 0) is 30.5 Å². The summed E-state index contributed by atoms with van der Waals surface area (Å²) in [5.41, 5.74) is -1.16. The van der Waals surface area contributed by atoms with Gasteiger partial charge in [0.25, 0.3) is 0 Å². The molecule has 1 N–H and O–H groups in total. The second-order valence-electron chi connectivity index (χ2n) is 9.56. The molecule has 0 rings (SSSR count). The zero-order valence-electron chi connectivity index (χ0n) is 21.9. The second-order valence-corrected chi connectivity index (χ2v) is 16.8. The van der Waals surface area contributed by atoms with Crippen LogP contribution in [0.25, 0.3) is 0 Å². The van der Waals surface area contributed by atoms with Gasteiger partial charge < -0.3 is 19.0 Å². The summed E-state index contributed by atoms with van der Waals surface area (Å²) >= 11 is 16.9. The highest BCUT2D eigenvalue weighted by Gasteiger charge is 2.47. The number of ether oxygens (including phenoxy) is 2. The molecule has 0 amide bonds. The third kappa shape index (κ3) is 11.0. The number of Topliss-reactive ketones (excluding diaryl/α,β-unsaturated/α-hetero) is 1. The maximum atomic E-state index is 13.8. The Hall–Kier alpha value is -0.803. The number of hydrogen-bond acceptors (Lipinski definition) is 6. The molecule has 0 saturated carbocycles. The quantitative estimate of drug-likeness (QED) is 0.0900. The first-order valence-corrected chi connectivity index (χ1v) is 15.6. The number of hydrogen-bond donors (Lipinski definition) is 1. The number of carboxylic acids is 1. The molecule has 0 aliphatic heterocycles. The van der Waals surface area contributed by atoms with Crippen LogP contribution in [-0.2, 0) is 23.5 Å². The molecule has 35 heavy (non-hydrogen) atoms. The Bertz CT molecular complexity index is 712. The Kier molecular flexibility index (Phi) is 14.5. The summed E-state index contributed by atoms with van der Waals surface area (Å²) < 4.78 is 15.1. The van der Waals surface area contributed by atoms with Gasteiger partial charge in [0, 0.05) is 5.41 Å². The summed E-state index contributed by atoms with van der Waals surface area (Å²) in [5.74, 6) is -2.39. The van der Waals surface area contributed by atoms with Crippen LogP contribution in [-0.4, -0.2) is 53.9 Å². The van der Waals surface area contributed by atoms with Gasteiger partial charge in [-0.25, -0.2) is 4.79 Å². The number of carbonyl (C=O) groups excluding carboxylic acids is 2. The lowest BCUT2D eigenvalue weighted by molar-refractivity contribution is -0.146. The number of alkyl halides is 3. The molecule has 204 valence electrons. The Morgan fingerprint density at radius 1 is 1.06 bits per heavy atom. The third-order valence-corrected chi connectivity index (χ3v) is 11.7. The molecule has 0 heterocycles. The molecule has 0 aliphatic rings. The lowest BCUT2D eigenvalue weighted by atomic mass is 9.73. The number of halogens is 3. The monoisotopic (exact) mass is 574 g/mol. The summed E-state index contributed by atoms with van der Waals surface area (Å²) in [4.78, 5) is 37.8. The summed E-state index contributed by atoms with van der Waals surface area (Å²) in [5, 5.41) is 9.59. The third-order valence-electron chi connectivity index (χ3n) is 6.72. The van der Waals surface area contributed by atoms with Crippen molar-refractivity contribution < 1.29 is 33.4 Å². The number of allylic oxidation sites excluding steroid dienone is 1. The van der Waals surface area contributed by atoms with Crippen LogP contribution in [0, 0.1) is 17.3 Å². The first kappa shape index (κ1) is 34.2. The molecular formula is C24H41Cl3O7Si. The predicted octanol–water partition coefficient (Wildman–Crippen LogP) is 7.19. The smallest absolute Gasteiger partial charge is 0.481 e. The molecule has 4 atom stereocenters. The predicted molar refractivity (Wildman–Crippen MR) is 143 cm³/mol. The van der Waals surface area contributed by atoms with E-state index in [2.05, 4.69) is 6.58 Å². The lowest BCUT2D eigenvalue weighted by Crippen LogP contribution is -2.51. The molecule has 0 fully saturated rings.